The molecule has 198 valence electrons. The fraction of sp³-hybridized carbons (Fsp3) is 0.286. The average Bonchev–Trinajstić information content (AvgIpc) is 3.34. The van der Waals surface area contributed by atoms with Crippen molar-refractivity contribution in [3.63, 3.8) is 0 Å². The van der Waals surface area contributed by atoms with Crippen LogP contribution in [0.4, 0.5) is 10.2 Å². The zero-order chi connectivity index (χ0) is 27.1. The van der Waals surface area contributed by atoms with E-state index in [4.69, 9.17) is 16.3 Å². The van der Waals surface area contributed by atoms with Gasteiger partial charge in [-0.25, -0.2) is 14.4 Å². The number of hydrogen-bond donors (Lipinski definition) is 3. The summed E-state index contributed by atoms with van der Waals surface area (Å²) in [6, 6.07) is 15.2. The standard InChI is InChI=1S/C28H29ClFN5O3/c1-28(2,37)12-5-6-14-38-20-9-10-22(29)21(17-20)18-11-13-31-24(15-18)33-27(36)26-32-25(34-35-26)16-19-7-3-4-8-23(19)30/h3-4,7-11,13,15,17,37H,5-6,12,14,16H2,1-2H3,(H,31,33,36)(H,32,34,35). The normalized spacial score (nSPS) is 11.4. The number of carbonyl (C=O) groups is 1. The van der Waals surface area contributed by atoms with Gasteiger partial charge in [0, 0.05) is 23.2 Å². The third kappa shape index (κ3) is 7.60. The summed E-state index contributed by atoms with van der Waals surface area (Å²) in [7, 11) is 0. The smallest absolute Gasteiger partial charge is 0.296 e. The second kappa shape index (κ2) is 12.1. The molecule has 0 unspecified atom stereocenters. The van der Waals surface area contributed by atoms with E-state index < -0.39 is 11.5 Å². The summed E-state index contributed by atoms with van der Waals surface area (Å²) in [5, 5.41) is 19.7. The Morgan fingerprint density at radius 1 is 1.16 bits per heavy atom. The van der Waals surface area contributed by atoms with E-state index in [1.807, 2.05) is 6.07 Å². The number of unbranched alkanes of at least 4 members (excludes halogenated alkanes) is 1. The summed E-state index contributed by atoms with van der Waals surface area (Å²) in [5.74, 6) is 0.335. The molecule has 0 aliphatic rings. The SMILES string of the molecule is CC(C)(O)CCCCOc1ccc(Cl)c(-c2ccnc(NC(=O)c3n[nH]c(Cc4ccccc4F)n3)c2)c1. The first-order valence-electron chi connectivity index (χ1n) is 12.3. The van der Waals surface area contributed by atoms with Crippen molar-refractivity contribution in [2.75, 3.05) is 11.9 Å². The Hall–Kier alpha value is -3.82. The number of anilines is 1. The van der Waals surface area contributed by atoms with Crippen LogP contribution in [-0.2, 0) is 6.42 Å². The van der Waals surface area contributed by atoms with Crippen LogP contribution in [0.2, 0.25) is 5.02 Å². The predicted molar refractivity (Wildman–Crippen MR) is 144 cm³/mol. The number of aromatic nitrogens is 4. The van der Waals surface area contributed by atoms with Crippen molar-refractivity contribution >= 4 is 23.3 Å². The van der Waals surface area contributed by atoms with Gasteiger partial charge in [-0.2, -0.15) is 0 Å². The summed E-state index contributed by atoms with van der Waals surface area (Å²) >= 11 is 6.46. The number of amides is 1. The summed E-state index contributed by atoms with van der Waals surface area (Å²) in [6.45, 7) is 4.10. The first-order valence-corrected chi connectivity index (χ1v) is 12.6. The third-order valence-corrected chi connectivity index (χ3v) is 6.08. The van der Waals surface area contributed by atoms with Gasteiger partial charge in [0.05, 0.1) is 12.2 Å². The van der Waals surface area contributed by atoms with Crippen LogP contribution < -0.4 is 10.1 Å². The molecule has 0 atom stereocenters. The molecule has 2 heterocycles. The molecule has 0 aliphatic heterocycles. The molecule has 2 aromatic heterocycles. The Labute approximate surface area is 225 Å². The molecule has 38 heavy (non-hydrogen) atoms. The minimum atomic E-state index is -0.682. The quantitative estimate of drug-likeness (QED) is 0.208. The number of nitrogens with zero attached hydrogens (tertiary/aromatic N) is 3. The number of benzene rings is 2. The van der Waals surface area contributed by atoms with E-state index in [1.165, 1.54) is 6.07 Å². The summed E-state index contributed by atoms with van der Waals surface area (Å²) < 4.78 is 19.8. The van der Waals surface area contributed by atoms with Crippen molar-refractivity contribution < 1.29 is 19.0 Å². The Morgan fingerprint density at radius 3 is 2.76 bits per heavy atom. The Kier molecular flexibility index (Phi) is 8.70. The zero-order valence-corrected chi connectivity index (χ0v) is 21.9. The van der Waals surface area contributed by atoms with Gasteiger partial charge in [0.2, 0.25) is 5.82 Å². The summed E-state index contributed by atoms with van der Waals surface area (Å²) in [5.41, 5.74) is 1.23. The van der Waals surface area contributed by atoms with E-state index in [1.54, 1.807) is 62.5 Å². The number of carbonyl (C=O) groups excluding carboxylic acids is 1. The lowest BCUT2D eigenvalue weighted by Crippen LogP contribution is -2.18. The van der Waals surface area contributed by atoms with Crippen LogP contribution in [0.15, 0.2) is 60.8 Å². The number of aliphatic hydroxyl groups is 1. The molecule has 0 aliphatic carbocycles. The van der Waals surface area contributed by atoms with Crippen LogP contribution in [0, 0.1) is 5.82 Å². The minimum absolute atomic E-state index is 0.0819. The van der Waals surface area contributed by atoms with E-state index in [9.17, 15) is 14.3 Å². The third-order valence-electron chi connectivity index (χ3n) is 5.75. The van der Waals surface area contributed by atoms with Crippen molar-refractivity contribution in [2.24, 2.45) is 0 Å². The highest BCUT2D eigenvalue weighted by Crippen LogP contribution is 2.32. The van der Waals surface area contributed by atoms with Gasteiger partial charge in [-0.05, 0) is 80.6 Å². The highest BCUT2D eigenvalue weighted by atomic mass is 35.5. The number of ether oxygens (including phenoxy) is 1. The molecule has 0 radical (unpaired) electrons. The number of hydrogen-bond acceptors (Lipinski definition) is 6. The van der Waals surface area contributed by atoms with Crippen LogP contribution in [-0.4, -0.2) is 43.4 Å². The van der Waals surface area contributed by atoms with Crippen molar-refractivity contribution in [3.8, 4) is 16.9 Å². The number of aromatic amines is 1. The van der Waals surface area contributed by atoms with E-state index >= 15 is 0 Å². The highest BCUT2D eigenvalue weighted by molar-refractivity contribution is 6.33. The van der Waals surface area contributed by atoms with Crippen molar-refractivity contribution in [2.45, 2.75) is 45.1 Å². The number of H-pyrrole nitrogens is 1. The lowest BCUT2D eigenvalue weighted by Gasteiger charge is -2.16. The van der Waals surface area contributed by atoms with Gasteiger partial charge in [0.1, 0.15) is 23.2 Å². The molecule has 1 amide bonds. The maximum absolute atomic E-state index is 13.9. The lowest BCUT2D eigenvalue weighted by molar-refractivity contribution is 0.0670. The van der Waals surface area contributed by atoms with Crippen LogP contribution in [0.3, 0.4) is 0 Å². The topological polar surface area (TPSA) is 113 Å². The van der Waals surface area contributed by atoms with Crippen LogP contribution in [0.5, 0.6) is 5.75 Å². The molecule has 0 saturated heterocycles. The van der Waals surface area contributed by atoms with Crippen molar-refractivity contribution in [1.82, 2.24) is 20.2 Å². The van der Waals surface area contributed by atoms with Gasteiger partial charge in [0.15, 0.2) is 0 Å². The zero-order valence-electron chi connectivity index (χ0n) is 21.2. The Bertz CT molecular complexity index is 1400. The second-order valence-corrected chi connectivity index (χ2v) is 9.92. The molecule has 10 heteroatoms. The van der Waals surface area contributed by atoms with Gasteiger partial charge in [-0.15, -0.1) is 5.10 Å². The molecule has 0 saturated carbocycles. The molecule has 0 fully saturated rings. The van der Waals surface area contributed by atoms with Crippen LogP contribution in [0.25, 0.3) is 11.1 Å². The molecule has 0 bridgehead atoms. The van der Waals surface area contributed by atoms with E-state index in [0.717, 1.165) is 24.0 Å². The van der Waals surface area contributed by atoms with Crippen LogP contribution >= 0.6 is 11.6 Å². The van der Waals surface area contributed by atoms with Crippen molar-refractivity contribution in [3.05, 3.63) is 88.8 Å². The molecule has 4 aromatic rings. The summed E-state index contributed by atoms with van der Waals surface area (Å²) in [4.78, 5) is 21.1. The Morgan fingerprint density at radius 2 is 1.97 bits per heavy atom. The molecular formula is C28H29ClFN5O3. The van der Waals surface area contributed by atoms with Gasteiger partial charge >= 0.3 is 0 Å². The van der Waals surface area contributed by atoms with E-state index in [0.29, 0.717) is 41.0 Å². The summed E-state index contributed by atoms with van der Waals surface area (Å²) in [6.07, 6.45) is 4.11. The fourth-order valence-corrected chi connectivity index (χ4v) is 4.03. The Balaban J connectivity index is 1.40. The van der Waals surface area contributed by atoms with Crippen molar-refractivity contribution in [1.29, 1.82) is 0 Å². The number of halogens is 2. The average molecular weight is 538 g/mol. The molecule has 2 aromatic carbocycles. The second-order valence-electron chi connectivity index (χ2n) is 9.52. The van der Waals surface area contributed by atoms with Gasteiger partial charge < -0.3 is 15.2 Å². The van der Waals surface area contributed by atoms with E-state index in [2.05, 4.69) is 25.5 Å². The lowest BCUT2D eigenvalue weighted by atomic mass is 10.0. The molecule has 8 nitrogen and oxygen atoms in total. The largest absolute Gasteiger partial charge is 0.494 e. The fourth-order valence-electron chi connectivity index (χ4n) is 3.80. The monoisotopic (exact) mass is 537 g/mol. The maximum atomic E-state index is 13.9. The number of rotatable bonds is 11. The van der Waals surface area contributed by atoms with Crippen LogP contribution in [0.1, 0.15) is 55.1 Å². The molecular weight excluding hydrogens is 509 g/mol. The first kappa shape index (κ1) is 27.2. The molecule has 3 N–H and O–H groups in total. The first-order chi connectivity index (χ1) is 18.2. The number of pyridine rings is 1. The minimum Gasteiger partial charge on any atom is -0.494 e. The number of nitrogens with one attached hydrogen (secondary N) is 2. The molecule has 0 spiro atoms. The maximum Gasteiger partial charge on any atom is 0.296 e. The van der Waals surface area contributed by atoms with E-state index in [-0.39, 0.29) is 18.1 Å². The van der Waals surface area contributed by atoms with Gasteiger partial charge in [0.25, 0.3) is 5.91 Å². The molecule has 4 rings (SSSR count). The predicted octanol–water partition coefficient (Wildman–Crippen LogP) is 5.82. The van der Waals surface area contributed by atoms with Gasteiger partial charge in [-0.1, -0.05) is 29.8 Å². The van der Waals surface area contributed by atoms with Gasteiger partial charge in [-0.3, -0.25) is 9.89 Å². The highest BCUT2D eigenvalue weighted by Gasteiger charge is 2.16.